The first kappa shape index (κ1) is 16.1. The van der Waals surface area contributed by atoms with Crippen LogP contribution < -0.4 is 5.73 Å². The van der Waals surface area contributed by atoms with Gasteiger partial charge in [0.25, 0.3) is 0 Å². The third-order valence-electron chi connectivity index (χ3n) is 2.98. The fraction of sp³-hybridized carbons (Fsp3) is 0.462. The van der Waals surface area contributed by atoms with Crippen molar-refractivity contribution in [1.29, 1.82) is 0 Å². The van der Waals surface area contributed by atoms with Gasteiger partial charge in [-0.05, 0) is 11.5 Å². The molecule has 6 heteroatoms. The van der Waals surface area contributed by atoms with Gasteiger partial charge in [0, 0.05) is 20.0 Å². The van der Waals surface area contributed by atoms with E-state index in [9.17, 15) is 8.42 Å². The number of hydrogen-bond acceptors (Lipinski definition) is 3. The Balaban J connectivity index is 2.66. The number of thiocarbonyl (C=S) groups is 1. The summed E-state index contributed by atoms with van der Waals surface area (Å²) in [5.74, 6) is 0.0451. The van der Waals surface area contributed by atoms with Crippen LogP contribution in [-0.4, -0.2) is 37.1 Å². The van der Waals surface area contributed by atoms with Crippen molar-refractivity contribution in [3.05, 3.63) is 35.9 Å². The molecule has 0 heterocycles. The van der Waals surface area contributed by atoms with Crippen LogP contribution >= 0.6 is 12.2 Å². The summed E-state index contributed by atoms with van der Waals surface area (Å²) in [4.78, 5) is 0.332. The lowest BCUT2D eigenvalue weighted by Crippen LogP contribution is -2.33. The summed E-state index contributed by atoms with van der Waals surface area (Å²) in [5, 5.41) is 0. The highest BCUT2D eigenvalue weighted by Gasteiger charge is 2.21. The van der Waals surface area contributed by atoms with E-state index in [2.05, 4.69) is 0 Å². The molecule has 106 valence electrons. The van der Waals surface area contributed by atoms with Crippen LogP contribution in [0.5, 0.6) is 0 Å². The standard InChI is InChI=1S/C13H20N2O2S2/c1-11(12-6-4-3-5-7-12)10-19(16,17)15(2)9-8-13(14)18/h3-7,11H,8-10H2,1-2H3,(H2,14,18). The number of nitrogens with zero attached hydrogens (tertiary/aromatic N) is 1. The quantitative estimate of drug-likeness (QED) is 0.779. The average molecular weight is 300 g/mol. The minimum Gasteiger partial charge on any atom is -0.393 e. The van der Waals surface area contributed by atoms with Crippen molar-refractivity contribution in [2.24, 2.45) is 5.73 Å². The third kappa shape index (κ3) is 5.26. The predicted molar refractivity (Wildman–Crippen MR) is 82.7 cm³/mol. The third-order valence-corrected chi connectivity index (χ3v) is 5.23. The summed E-state index contributed by atoms with van der Waals surface area (Å²) >= 11 is 4.76. The molecule has 19 heavy (non-hydrogen) atoms. The molecule has 0 saturated heterocycles. The Morgan fingerprint density at radius 1 is 1.37 bits per heavy atom. The Morgan fingerprint density at radius 3 is 2.47 bits per heavy atom. The largest absolute Gasteiger partial charge is 0.393 e. The van der Waals surface area contributed by atoms with Crippen molar-refractivity contribution in [3.8, 4) is 0 Å². The molecule has 0 saturated carbocycles. The van der Waals surface area contributed by atoms with E-state index in [4.69, 9.17) is 18.0 Å². The SMILES string of the molecule is CC(CS(=O)(=O)N(C)CCC(N)=S)c1ccccc1. The second-order valence-corrected chi connectivity index (χ2v) is 7.27. The van der Waals surface area contributed by atoms with E-state index in [0.29, 0.717) is 18.0 Å². The van der Waals surface area contributed by atoms with Crippen molar-refractivity contribution < 1.29 is 8.42 Å². The maximum Gasteiger partial charge on any atom is 0.214 e. The predicted octanol–water partition coefficient (Wildman–Crippen LogP) is 1.73. The molecule has 0 aromatic heterocycles. The topological polar surface area (TPSA) is 63.4 Å². The van der Waals surface area contributed by atoms with Gasteiger partial charge in [0.15, 0.2) is 0 Å². The molecule has 1 atom stereocenters. The lowest BCUT2D eigenvalue weighted by Gasteiger charge is -2.20. The minimum absolute atomic E-state index is 0.0431. The van der Waals surface area contributed by atoms with Crippen LogP contribution in [0.15, 0.2) is 30.3 Å². The molecular formula is C13H20N2O2S2. The second-order valence-electron chi connectivity index (χ2n) is 4.63. The Hall–Kier alpha value is -0.980. The summed E-state index contributed by atoms with van der Waals surface area (Å²) in [6.45, 7) is 2.24. The molecule has 0 aliphatic rings. The Bertz CT molecular complexity index is 515. The van der Waals surface area contributed by atoms with E-state index in [1.165, 1.54) is 4.31 Å². The zero-order valence-corrected chi connectivity index (χ0v) is 12.9. The first-order valence-electron chi connectivity index (χ1n) is 6.10. The molecule has 1 aromatic rings. The van der Waals surface area contributed by atoms with Gasteiger partial charge in [-0.25, -0.2) is 12.7 Å². The molecule has 1 rings (SSSR count). The van der Waals surface area contributed by atoms with Crippen molar-refractivity contribution in [3.63, 3.8) is 0 Å². The van der Waals surface area contributed by atoms with Crippen LogP contribution in [0, 0.1) is 0 Å². The molecule has 0 bridgehead atoms. The van der Waals surface area contributed by atoms with Crippen molar-refractivity contribution in [2.45, 2.75) is 19.3 Å². The maximum atomic E-state index is 12.2. The zero-order valence-electron chi connectivity index (χ0n) is 11.2. The fourth-order valence-electron chi connectivity index (χ4n) is 1.73. The molecule has 0 spiro atoms. The first-order chi connectivity index (χ1) is 8.83. The van der Waals surface area contributed by atoms with Crippen LogP contribution in [0.25, 0.3) is 0 Å². The van der Waals surface area contributed by atoms with Gasteiger partial charge in [-0.2, -0.15) is 0 Å². The smallest absolute Gasteiger partial charge is 0.214 e. The molecule has 4 nitrogen and oxygen atoms in total. The second kappa shape index (κ2) is 6.98. The number of hydrogen-bond donors (Lipinski definition) is 1. The van der Waals surface area contributed by atoms with E-state index >= 15 is 0 Å². The number of rotatable bonds is 7. The van der Waals surface area contributed by atoms with Gasteiger partial charge in [0.2, 0.25) is 10.0 Å². The van der Waals surface area contributed by atoms with Gasteiger partial charge in [-0.3, -0.25) is 0 Å². The van der Waals surface area contributed by atoms with Gasteiger partial charge in [-0.1, -0.05) is 49.5 Å². The Morgan fingerprint density at radius 2 is 1.95 bits per heavy atom. The van der Waals surface area contributed by atoms with Gasteiger partial charge in [0.05, 0.1) is 10.7 Å². The highest BCUT2D eigenvalue weighted by atomic mass is 32.2. The average Bonchev–Trinajstić information content (AvgIpc) is 2.36. The fourth-order valence-corrected chi connectivity index (χ4v) is 3.27. The Kier molecular flexibility index (Phi) is 5.90. The van der Waals surface area contributed by atoms with E-state index in [1.807, 2.05) is 37.3 Å². The molecule has 0 aliphatic heterocycles. The van der Waals surface area contributed by atoms with Crippen LogP contribution in [0.3, 0.4) is 0 Å². The molecular weight excluding hydrogens is 280 g/mol. The zero-order chi connectivity index (χ0) is 14.5. The van der Waals surface area contributed by atoms with Gasteiger partial charge < -0.3 is 5.73 Å². The lowest BCUT2D eigenvalue weighted by atomic mass is 10.0. The van der Waals surface area contributed by atoms with Crippen LogP contribution in [0.1, 0.15) is 24.8 Å². The van der Waals surface area contributed by atoms with Crippen molar-refractivity contribution in [2.75, 3.05) is 19.3 Å². The van der Waals surface area contributed by atoms with Crippen molar-refractivity contribution >= 4 is 27.2 Å². The highest BCUT2D eigenvalue weighted by molar-refractivity contribution is 7.89. The first-order valence-corrected chi connectivity index (χ1v) is 8.12. The number of nitrogens with two attached hydrogens (primary N) is 1. The van der Waals surface area contributed by atoms with Crippen LogP contribution in [-0.2, 0) is 10.0 Å². The number of benzene rings is 1. The molecule has 2 N–H and O–H groups in total. The Labute approximate surface area is 120 Å². The molecule has 1 unspecified atom stereocenters. The van der Waals surface area contributed by atoms with Crippen molar-refractivity contribution in [1.82, 2.24) is 4.31 Å². The molecule has 0 amide bonds. The summed E-state index contributed by atoms with van der Waals surface area (Å²) < 4.78 is 25.7. The van der Waals surface area contributed by atoms with Gasteiger partial charge >= 0.3 is 0 Å². The summed E-state index contributed by atoms with van der Waals surface area (Å²) in [6.07, 6.45) is 0.408. The highest BCUT2D eigenvalue weighted by Crippen LogP contribution is 2.18. The van der Waals surface area contributed by atoms with Crippen LogP contribution in [0.4, 0.5) is 0 Å². The molecule has 0 radical (unpaired) electrons. The summed E-state index contributed by atoms with van der Waals surface area (Å²) in [6, 6.07) is 9.62. The van der Waals surface area contributed by atoms with Gasteiger partial charge in [-0.15, -0.1) is 0 Å². The number of sulfonamides is 1. The van der Waals surface area contributed by atoms with E-state index in [-0.39, 0.29) is 11.7 Å². The van der Waals surface area contributed by atoms with Crippen LogP contribution in [0.2, 0.25) is 0 Å². The minimum atomic E-state index is -3.29. The van der Waals surface area contributed by atoms with E-state index in [1.54, 1.807) is 7.05 Å². The van der Waals surface area contributed by atoms with E-state index in [0.717, 1.165) is 5.56 Å². The van der Waals surface area contributed by atoms with Gasteiger partial charge in [0.1, 0.15) is 0 Å². The monoisotopic (exact) mass is 300 g/mol. The molecule has 1 aromatic carbocycles. The summed E-state index contributed by atoms with van der Waals surface area (Å²) in [7, 11) is -1.72. The summed E-state index contributed by atoms with van der Waals surface area (Å²) in [5.41, 5.74) is 6.41. The lowest BCUT2D eigenvalue weighted by molar-refractivity contribution is 0.475. The molecule has 0 aliphatic carbocycles. The molecule has 0 fully saturated rings. The maximum absolute atomic E-state index is 12.2. The van der Waals surface area contributed by atoms with E-state index < -0.39 is 10.0 Å². The normalized spacial score (nSPS) is 13.4.